The van der Waals surface area contributed by atoms with Crippen LogP contribution in [0, 0.1) is 45.3 Å². The molecule has 0 bridgehead atoms. The van der Waals surface area contributed by atoms with Crippen molar-refractivity contribution in [1.82, 2.24) is 0 Å². The molecule has 7 atom stereocenters. The molecule has 0 saturated heterocycles. The van der Waals surface area contributed by atoms with Gasteiger partial charge in [0.2, 0.25) is 0 Å². The van der Waals surface area contributed by atoms with Gasteiger partial charge in [0.15, 0.2) is 11.6 Å². The maximum atomic E-state index is 13.7. The molecular formula is C33H50O5. The van der Waals surface area contributed by atoms with Crippen LogP contribution in [0.15, 0.2) is 23.8 Å². The Hall–Kier alpha value is -1.75. The third kappa shape index (κ3) is 5.33. The maximum Gasteiger partial charge on any atom is 0.311 e. The van der Waals surface area contributed by atoms with Crippen LogP contribution in [0.1, 0.15) is 101 Å². The highest BCUT2D eigenvalue weighted by molar-refractivity contribution is 6.01. The highest BCUT2D eigenvalue weighted by atomic mass is 16.5. The number of fused-ring (bicyclic) bond motifs is 5. The zero-order chi connectivity index (χ0) is 28.3. The third-order valence-electron chi connectivity index (χ3n) is 10.2. The zero-order valence-electron chi connectivity index (χ0n) is 25.2. The Morgan fingerprint density at radius 3 is 2.39 bits per heavy atom. The SMILES string of the molecule is CC(C)OC1CC2(C)C(C(=O)COC(=O)C(C)(C)CC(C)(C)C)CCC2C2CCC3=CC(=O)C=CC3(C)C12. The third-order valence-corrected chi connectivity index (χ3v) is 10.2. The van der Waals surface area contributed by atoms with Crippen LogP contribution < -0.4 is 0 Å². The molecule has 4 aliphatic rings. The van der Waals surface area contributed by atoms with E-state index >= 15 is 0 Å². The van der Waals surface area contributed by atoms with Crippen molar-refractivity contribution in [3.63, 3.8) is 0 Å². The monoisotopic (exact) mass is 526 g/mol. The lowest BCUT2D eigenvalue weighted by molar-refractivity contribution is -0.166. The summed E-state index contributed by atoms with van der Waals surface area (Å²) in [5.41, 5.74) is 0.231. The molecule has 0 radical (unpaired) electrons. The summed E-state index contributed by atoms with van der Waals surface area (Å²) in [6, 6.07) is 0. The first-order chi connectivity index (χ1) is 17.5. The first kappa shape index (κ1) is 29.2. The van der Waals surface area contributed by atoms with Gasteiger partial charge in [-0.15, -0.1) is 0 Å². The Morgan fingerprint density at radius 2 is 1.76 bits per heavy atom. The molecule has 3 saturated carbocycles. The smallest absolute Gasteiger partial charge is 0.311 e. The Morgan fingerprint density at radius 1 is 1.08 bits per heavy atom. The summed E-state index contributed by atoms with van der Waals surface area (Å²) in [4.78, 5) is 38.8. The van der Waals surface area contributed by atoms with Gasteiger partial charge in [-0.2, -0.15) is 0 Å². The predicted octanol–water partition coefficient (Wildman–Crippen LogP) is 6.89. The average molecular weight is 527 g/mol. The number of hydrogen-bond donors (Lipinski definition) is 0. The summed E-state index contributed by atoms with van der Waals surface area (Å²) >= 11 is 0. The molecule has 4 rings (SSSR count). The predicted molar refractivity (Wildman–Crippen MR) is 149 cm³/mol. The lowest BCUT2D eigenvalue weighted by Crippen LogP contribution is -2.57. The standard InChI is InChI=1S/C33H50O5/c1-20(2)38-27-17-33(9)24(23-11-10-21-16-22(34)14-15-32(21,8)28(23)27)12-13-25(33)26(35)18-37-29(36)31(6,7)19-30(3,4)5/h14-16,20,23-25,27-28H,10-13,17-19H2,1-9H3. The highest BCUT2D eigenvalue weighted by Gasteiger charge is 2.63. The van der Waals surface area contributed by atoms with Crippen molar-refractivity contribution in [2.45, 2.75) is 113 Å². The fourth-order valence-electron chi connectivity index (χ4n) is 9.13. The van der Waals surface area contributed by atoms with Crippen molar-refractivity contribution in [1.29, 1.82) is 0 Å². The number of ketones is 2. The normalized spacial score (nSPS) is 36.8. The molecule has 4 aliphatic carbocycles. The molecule has 3 fully saturated rings. The first-order valence-corrected chi connectivity index (χ1v) is 14.8. The van der Waals surface area contributed by atoms with E-state index in [2.05, 4.69) is 54.5 Å². The van der Waals surface area contributed by atoms with E-state index < -0.39 is 5.41 Å². The maximum absolute atomic E-state index is 13.7. The molecule has 0 aromatic rings. The van der Waals surface area contributed by atoms with E-state index in [-0.39, 0.29) is 64.4 Å². The van der Waals surface area contributed by atoms with Gasteiger partial charge in [-0.3, -0.25) is 14.4 Å². The van der Waals surface area contributed by atoms with E-state index in [4.69, 9.17) is 9.47 Å². The fourth-order valence-corrected chi connectivity index (χ4v) is 9.13. The summed E-state index contributed by atoms with van der Waals surface area (Å²) in [6.07, 6.45) is 11.1. The summed E-state index contributed by atoms with van der Waals surface area (Å²) in [7, 11) is 0. The van der Waals surface area contributed by atoms with Crippen LogP contribution in [0.5, 0.6) is 0 Å². The summed E-state index contributed by atoms with van der Waals surface area (Å²) in [5.74, 6) is 0.876. The molecular weight excluding hydrogens is 476 g/mol. The van der Waals surface area contributed by atoms with Crippen LogP contribution in [0.3, 0.4) is 0 Å². The van der Waals surface area contributed by atoms with Crippen molar-refractivity contribution in [2.75, 3.05) is 6.61 Å². The molecule has 0 spiro atoms. The van der Waals surface area contributed by atoms with E-state index in [9.17, 15) is 14.4 Å². The van der Waals surface area contributed by atoms with Gasteiger partial charge in [0.1, 0.15) is 6.61 Å². The van der Waals surface area contributed by atoms with Crippen LogP contribution in [0.2, 0.25) is 0 Å². The molecule has 0 N–H and O–H groups in total. The van der Waals surface area contributed by atoms with Crippen molar-refractivity contribution in [3.8, 4) is 0 Å². The minimum Gasteiger partial charge on any atom is -0.457 e. The molecule has 0 amide bonds. The van der Waals surface area contributed by atoms with Gasteiger partial charge in [0.25, 0.3) is 0 Å². The van der Waals surface area contributed by atoms with Gasteiger partial charge in [0.05, 0.1) is 17.6 Å². The molecule has 5 nitrogen and oxygen atoms in total. The van der Waals surface area contributed by atoms with Gasteiger partial charge in [0, 0.05) is 17.3 Å². The number of esters is 1. The largest absolute Gasteiger partial charge is 0.457 e. The van der Waals surface area contributed by atoms with Crippen molar-refractivity contribution >= 4 is 17.5 Å². The van der Waals surface area contributed by atoms with E-state index in [1.54, 1.807) is 6.08 Å². The second-order valence-corrected chi connectivity index (χ2v) is 15.2. The molecule has 0 aromatic heterocycles. The Bertz CT molecular complexity index is 1030. The van der Waals surface area contributed by atoms with E-state index in [1.807, 2.05) is 19.9 Å². The Labute approximate surface area is 230 Å². The number of carbonyl (C=O) groups is 3. The van der Waals surface area contributed by atoms with Crippen LogP contribution in [-0.4, -0.2) is 36.4 Å². The number of ether oxygens (including phenoxy) is 2. The minimum atomic E-state index is -0.632. The minimum absolute atomic E-state index is 0.00472. The number of hydrogen-bond acceptors (Lipinski definition) is 5. The topological polar surface area (TPSA) is 69.7 Å². The second-order valence-electron chi connectivity index (χ2n) is 15.2. The number of Topliss-reactive ketones (excluding diaryl/α,β-unsaturated/α-hetero) is 1. The van der Waals surface area contributed by atoms with Gasteiger partial charge in [-0.25, -0.2) is 0 Å². The van der Waals surface area contributed by atoms with E-state index in [1.165, 1.54) is 5.57 Å². The summed E-state index contributed by atoms with van der Waals surface area (Å²) in [6.45, 7) is 18.8. The first-order valence-electron chi connectivity index (χ1n) is 14.8. The number of allylic oxidation sites excluding steroid dienone is 4. The molecule has 212 valence electrons. The summed E-state index contributed by atoms with van der Waals surface area (Å²) < 4.78 is 12.3. The van der Waals surface area contributed by atoms with E-state index in [0.717, 1.165) is 32.1 Å². The molecule has 0 aliphatic heterocycles. The number of carbonyl (C=O) groups excluding carboxylic acids is 3. The van der Waals surface area contributed by atoms with Crippen molar-refractivity contribution < 1.29 is 23.9 Å². The quantitative estimate of drug-likeness (QED) is 0.338. The van der Waals surface area contributed by atoms with Crippen LogP contribution in [0.4, 0.5) is 0 Å². The lowest BCUT2D eigenvalue weighted by atomic mass is 9.46. The molecule has 0 heterocycles. The fraction of sp³-hybridized carbons (Fsp3) is 0.788. The van der Waals surface area contributed by atoms with Gasteiger partial charge in [-0.05, 0) is 101 Å². The van der Waals surface area contributed by atoms with E-state index in [0.29, 0.717) is 18.3 Å². The second kappa shape index (κ2) is 10.0. The molecule has 0 aromatic carbocycles. The van der Waals surface area contributed by atoms with Crippen LogP contribution >= 0.6 is 0 Å². The highest BCUT2D eigenvalue weighted by Crippen LogP contribution is 2.66. The van der Waals surface area contributed by atoms with Crippen LogP contribution in [0.25, 0.3) is 0 Å². The van der Waals surface area contributed by atoms with Crippen LogP contribution in [-0.2, 0) is 23.9 Å². The molecule has 5 heteroatoms. The lowest BCUT2D eigenvalue weighted by Gasteiger charge is -2.59. The average Bonchev–Trinajstić information content (AvgIpc) is 3.12. The Balaban J connectivity index is 1.55. The molecule has 7 unspecified atom stereocenters. The Kier molecular flexibility index (Phi) is 7.71. The van der Waals surface area contributed by atoms with Gasteiger partial charge >= 0.3 is 5.97 Å². The number of rotatable bonds is 7. The zero-order valence-corrected chi connectivity index (χ0v) is 25.2. The van der Waals surface area contributed by atoms with Crippen molar-refractivity contribution in [3.05, 3.63) is 23.8 Å². The van der Waals surface area contributed by atoms with Gasteiger partial charge in [-0.1, -0.05) is 46.3 Å². The molecule has 38 heavy (non-hydrogen) atoms. The van der Waals surface area contributed by atoms with Crippen molar-refractivity contribution in [2.24, 2.45) is 45.3 Å². The summed E-state index contributed by atoms with van der Waals surface area (Å²) in [5, 5.41) is 0. The van der Waals surface area contributed by atoms with Gasteiger partial charge < -0.3 is 9.47 Å².